The maximum Gasteiger partial charge on any atom is 0.317 e. The fraction of sp³-hybridized carbons (Fsp3) is 0.818. The molecule has 2 amide bonds. The minimum absolute atomic E-state index is 0.0304. The van der Waals surface area contributed by atoms with E-state index in [-0.39, 0.29) is 12.1 Å². The standard InChI is InChI=1S/C11H21N3OS/c1-2-9(8-10(12)16)13-11(15)14-6-4-3-5-7-14/h9H,2-8H2,1H3,(H2,12,16)(H,13,15). The molecule has 0 spiro atoms. The van der Waals surface area contributed by atoms with Gasteiger partial charge in [0.1, 0.15) is 0 Å². The van der Waals surface area contributed by atoms with E-state index in [0.29, 0.717) is 11.4 Å². The van der Waals surface area contributed by atoms with Gasteiger partial charge in [0.2, 0.25) is 0 Å². The van der Waals surface area contributed by atoms with Crippen molar-refractivity contribution in [3.8, 4) is 0 Å². The number of nitrogens with zero attached hydrogens (tertiary/aromatic N) is 1. The van der Waals surface area contributed by atoms with Gasteiger partial charge in [-0.2, -0.15) is 0 Å². The predicted molar refractivity (Wildman–Crippen MR) is 69.4 cm³/mol. The first-order chi connectivity index (χ1) is 7.63. The number of carbonyl (C=O) groups excluding carboxylic acids is 1. The maximum atomic E-state index is 11.9. The molecule has 1 heterocycles. The zero-order valence-corrected chi connectivity index (χ0v) is 10.7. The third-order valence-electron chi connectivity index (χ3n) is 2.91. The number of amides is 2. The number of nitrogens with one attached hydrogen (secondary N) is 1. The molecule has 0 aromatic heterocycles. The maximum absolute atomic E-state index is 11.9. The number of hydrogen-bond donors (Lipinski definition) is 2. The van der Waals surface area contributed by atoms with Gasteiger partial charge < -0.3 is 16.0 Å². The summed E-state index contributed by atoms with van der Waals surface area (Å²) in [5, 5.41) is 2.99. The summed E-state index contributed by atoms with van der Waals surface area (Å²) >= 11 is 4.86. The van der Waals surface area contributed by atoms with E-state index in [1.807, 2.05) is 11.8 Å². The number of piperidine rings is 1. The third-order valence-corrected chi connectivity index (χ3v) is 3.08. The Hall–Kier alpha value is -0.840. The number of carbonyl (C=O) groups is 1. The second kappa shape index (κ2) is 6.68. The van der Waals surface area contributed by atoms with Crippen molar-refractivity contribution in [2.45, 2.75) is 45.1 Å². The molecule has 92 valence electrons. The number of likely N-dealkylation sites (tertiary alicyclic amines) is 1. The number of nitrogens with two attached hydrogens (primary N) is 1. The van der Waals surface area contributed by atoms with Crippen LogP contribution < -0.4 is 11.1 Å². The smallest absolute Gasteiger partial charge is 0.317 e. The first-order valence-electron chi connectivity index (χ1n) is 5.97. The Morgan fingerprint density at radius 3 is 2.56 bits per heavy atom. The number of thiocarbonyl (C=S) groups is 1. The van der Waals surface area contributed by atoms with E-state index in [1.165, 1.54) is 6.42 Å². The van der Waals surface area contributed by atoms with Gasteiger partial charge in [-0.05, 0) is 25.7 Å². The van der Waals surface area contributed by atoms with Crippen molar-refractivity contribution in [1.82, 2.24) is 10.2 Å². The second-order valence-corrected chi connectivity index (χ2v) is 4.80. The van der Waals surface area contributed by atoms with E-state index >= 15 is 0 Å². The molecule has 1 atom stereocenters. The van der Waals surface area contributed by atoms with Crippen molar-refractivity contribution in [1.29, 1.82) is 0 Å². The fourth-order valence-electron chi connectivity index (χ4n) is 1.90. The molecule has 0 saturated carbocycles. The van der Waals surface area contributed by atoms with Crippen LogP contribution in [0.2, 0.25) is 0 Å². The molecule has 16 heavy (non-hydrogen) atoms. The van der Waals surface area contributed by atoms with Gasteiger partial charge in [-0.3, -0.25) is 0 Å². The van der Waals surface area contributed by atoms with Crippen LogP contribution in [0.3, 0.4) is 0 Å². The molecule has 0 aliphatic carbocycles. The van der Waals surface area contributed by atoms with Crippen LogP contribution in [0.1, 0.15) is 39.0 Å². The van der Waals surface area contributed by atoms with Gasteiger partial charge >= 0.3 is 6.03 Å². The molecule has 4 nitrogen and oxygen atoms in total. The minimum Gasteiger partial charge on any atom is -0.393 e. The molecule has 0 radical (unpaired) electrons. The minimum atomic E-state index is 0.0304. The highest BCUT2D eigenvalue weighted by Crippen LogP contribution is 2.09. The van der Waals surface area contributed by atoms with Crippen molar-refractivity contribution in [2.24, 2.45) is 5.73 Å². The Kier molecular flexibility index (Phi) is 5.52. The molecule has 1 rings (SSSR count). The average Bonchev–Trinajstić information content (AvgIpc) is 2.28. The summed E-state index contributed by atoms with van der Waals surface area (Å²) in [7, 11) is 0. The van der Waals surface area contributed by atoms with Crippen molar-refractivity contribution < 1.29 is 4.79 Å². The monoisotopic (exact) mass is 243 g/mol. The lowest BCUT2D eigenvalue weighted by molar-refractivity contribution is 0.182. The molecule has 1 aliphatic heterocycles. The van der Waals surface area contributed by atoms with E-state index in [9.17, 15) is 4.79 Å². The number of urea groups is 1. The molecule has 0 bridgehead atoms. The first-order valence-corrected chi connectivity index (χ1v) is 6.38. The van der Waals surface area contributed by atoms with Crippen LogP contribution in [0.25, 0.3) is 0 Å². The highest BCUT2D eigenvalue weighted by atomic mass is 32.1. The van der Waals surface area contributed by atoms with Crippen LogP contribution in [0.15, 0.2) is 0 Å². The summed E-state index contributed by atoms with van der Waals surface area (Å²) < 4.78 is 0. The Morgan fingerprint density at radius 1 is 1.44 bits per heavy atom. The van der Waals surface area contributed by atoms with E-state index < -0.39 is 0 Å². The van der Waals surface area contributed by atoms with Crippen LogP contribution in [-0.4, -0.2) is 35.1 Å². The van der Waals surface area contributed by atoms with E-state index in [4.69, 9.17) is 18.0 Å². The zero-order chi connectivity index (χ0) is 12.0. The summed E-state index contributed by atoms with van der Waals surface area (Å²) in [6.45, 7) is 3.77. The number of rotatable bonds is 4. The van der Waals surface area contributed by atoms with Gasteiger partial charge in [-0.25, -0.2) is 4.79 Å². The Bertz CT molecular complexity index is 252. The van der Waals surface area contributed by atoms with Crippen LogP contribution in [0, 0.1) is 0 Å². The topological polar surface area (TPSA) is 58.4 Å². The van der Waals surface area contributed by atoms with Gasteiger partial charge in [0.25, 0.3) is 0 Å². The highest BCUT2D eigenvalue weighted by Gasteiger charge is 2.19. The molecule has 3 N–H and O–H groups in total. The summed E-state index contributed by atoms with van der Waals surface area (Å²) in [5.41, 5.74) is 5.49. The van der Waals surface area contributed by atoms with Gasteiger partial charge in [0, 0.05) is 25.6 Å². The lowest BCUT2D eigenvalue weighted by Crippen LogP contribution is -2.47. The largest absolute Gasteiger partial charge is 0.393 e. The SMILES string of the molecule is CCC(CC(N)=S)NC(=O)N1CCCCC1. The highest BCUT2D eigenvalue weighted by molar-refractivity contribution is 7.80. The Labute approximate surface area is 103 Å². The lowest BCUT2D eigenvalue weighted by atomic mass is 10.1. The van der Waals surface area contributed by atoms with Gasteiger partial charge in [-0.1, -0.05) is 19.1 Å². The van der Waals surface area contributed by atoms with Crippen molar-refractivity contribution in [3.05, 3.63) is 0 Å². The summed E-state index contributed by atoms with van der Waals surface area (Å²) in [5.74, 6) is 0. The van der Waals surface area contributed by atoms with Crippen LogP contribution >= 0.6 is 12.2 Å². The molecule has 0 aromatic carbocycles. The second-order valence-electron chi connectivity index (χ2n) is 4.27. The summed E-state index contributed by atoms with van der Waals surface area (Å²) in [6.07, 6.45) is 4.90. The van der Waals surface area contributed by atoms with E-state index in [0.717, 1.165) is 32.4 Å². The van der Waals surface area contributed by atoms with E-state index in [2.05, 4.69) is 5.32 Å². The van der Waals surface area contributed by atoms with Crippen molar-refractivity contribution in [3.63, 3.8) is 0 Å². The zero-order valence-electron chi connectivity index (χ0n) is 9.87. The molecular formula is C11H21N3OS. The van der Waals surface area contributed by atoms with Gasteiger partial charge in [0.15, 0.2) is 0 Å². The first kappa shape index (κ1) is 13.2. The van der Waals surface area contributed by atoms with Crippen LogP contribution in [0.4, 0.5) is 4.79 Å². The fourth-order valence-corrected chi connectivity index (χ4v) is 2.10. The van der Waals surface area contributed by atoms with Gasteiger partial charge in [0.05, 0.1) is 4.99 Å². The molecule has 1 saturated heterocycles. The third kappa shape index (κ3) is 4.35. The summed E-state index contributed by atoms with van der Waals surface area (Å²) in [6, 6.07) is 0.106. The van der Waals surface area contributed by atoms with E-state index in [1.54, 1.807) is 0 Å². The number of hydrogen-bond acceptors (Lipinski definition) is 2. The molecule has 1 fully saturated rings. The van der Waals surface area contributed by atoms with Crippen molar-refractivity contribution >= 4 is 23.2 Å². The molecular weight excluding hydrogens is 222 g/mol. The molecule has 1 unspecified atom stereocenters. The van der Waals surface area contributed by atoms with Gasteiger partial charge in [-0.15, -0.1) is 0 Å². The van der Waals surface area contributed by atoms with Crippen LogP contribution in [-0.2, 0) is 0 Å². The van der Waals surface area contributed by atoms with Crippen molar-refractivity contribution in [2.75, 3.05) is 13.1 Å². The average molecular weight is 243 g/mol. The molecule has 1 aliphatic rings. The quantitative estimate of drug-likeness (QED) is 0.738. The molecule has 5 heteroatoms. The van der Waals surface area contributed by atoms with Crippen LogP contribution in [0.5, 0.6) is 0 Å². The Balaban J connectivity index is 2.38. The molecule has 0 aromatic rings. The summed E-state index contributed by atoms with van der Waals surface area (Å²) in [4.78, 5) is 14.2. The normalized spacial score (nSPS) is 17.9. The predicted octanol–water partition coefficient (Wildman–Crippen LogP) is 1.64. The lowest BCUT2D eigenvalue weighted by Gasteiger charge is -2.29. The Morgan fingerprint density at radius 2 is 2.06 bits per heavy atom.